The van der Waals surface area contributed by atoms with Gasteiger partial charge in [0.25, 0.3) is 0 Å². The van der Waals surface area contributed by atoms with Gasteiger partial charge in [-0.05, 0) is 32.1 Å². The standard InChI is InChI=1S/C17H28N4O3/c1-13(11-17(2)23-9-10-24-17)12-20-16(22)21-8-4-3-5-14(21)15-18-6-7-19-15/h6-7,13-14H,3-5,8-12H2,1-2H3,(H,18,19)(H,20,22)/t13-,14-/m0/s1. The molecule has 0 saturated carbocycles. The van der Waals surface area contributed by atoms with Crippen molar-refractivity contribution >= 4 is 6.03 Å². The highest BCUT2D eigenvalue weighted by atomic mass is 16.7. The predicted molar refractivity (Wildman–Crippen MR) is 89.4 cm³/mol. The molecule has 2 aliphatic heterocycles. The molecule has 24 heavy (non-hydrogen) atoms. The first-order valence-corrected chi connectivity index (χ1v) is 8.89. The zero-order valence-corrected chi connectivity index (χ0v) is 14.6. The van der Waals surface area contributed by atoms with E-state index in [1.807, 2.05) is 18.0 Å². The summed E-state index contributed by atoms with van der Waals surface area (Å²) in [5.74, 6) is 0.647. The Morgan fingerprint density at radius 2 is 2.29 bits per heavy atom. The van der Waals surface area contributed by atoms with Gasteiger partial charge in [0.2, 0.25) is 0 Å². The lowest BCUT2D eigenvalue weighted by atomic mass is 10.0. The van der Waals surface area contributed by atoms with E-state index in [1.54, 1.807) is 6.20 Å². The highest BCUT2D eigenvalue weighted by molar-refractivity contribution is 5.74. The van der Waals surface area contributed by atoms with Crippen LogP contribution in [-0.2, 0) is 9.47 Å². The molecule has 2 N–H and O–H groups in total. The van der Waals surface area contributed by atoms with Gasteiger partial charge in [0.15, 0.2) is 5.79 Å². The van der Waals surface area contributed by atoms with Crippen LogP contribution in [0.15, 0.2) is 12.4 Å². The number of hydrogen-bond acceptors (Lipinski definition) is 4. The third-order valence-electron chi connectivity index (χ3n) is 4.82. The van der Waals surface area contributed by atoms with Gasteiger partial charge in [-0.15, -0.1) is 0 Å². The van der Waals surface area contributed by atoms with Gasteiger partial charge in [-0.25, -0.2) is 9.78 Å². The summed E-state index contributed by atoms with van der Waals surface area (Å²) >= 11 is 0. The van der Waals surface area contributed by atoms with Crippen molar-refractivity contribution in [2.75, 3.05) is 26.3 Å². The largest absolute Gasteiger partial charge is 0.348 e. The number of piperidine rings is 1. The molecule has 0 bridgehead atoms. The van der Waals surface area contributed by atoms with Crippen molar-refractivity contribution in [3.63, 3.8) is 0 Å². The van der Waals surface area contributed by atoms with Gasteiger partial charge in [0.05, 0.1) is 19.3 Å². The third kappa shape index (κ3) is 4.08. The first-order chi connectivity index (χ1) is 11.6. The van der Waals surface area contributed by atoms with Crippen molar-refractivity contribution in [1.29, 1.82) is 0 Å². The normalized spacial score (nSPS) is 24.8. The van der Waals surface area contributed by atoms with Crippen LogP contribution in [0.3, 0.4) is 0 Å². The number of amides is 2. The Hall–Kier alpha value is -1.60. The quantitative estimate of drug-likeness (QED) is 0.865. The minimum Gasteiger partial charge on any atom is -0.348 e. The Labute approximate surface area is 143 Å². The van der Waals surface area contributed by atoms with Crippen LogP contribution >= 0.6 is 0 Å². The van der Waals surface area contributed by atoms with E-state index in [4.69, 9.17) is 9.47 Å². The molecular formula is C17H28N4O3. The van der Waals surface area contributed by atoms with E-state index in [9.17, 15) is 4.79 Å². The van der Waals surface area contributed by atoms with Crippen LogP contribution in [0.4, 0.5) is 4.79 Å². The van der Waals surface area contributed by atoms with Crippen molar-refractivity contribution in [3.8, 4) is 0 Å². The second kappa shape index (κ2) is 7.53. The average molecular weight is 336 g/mol. The first kappa shape index (κ1) is 17.2. The van der Waals surface area contributed by atoms with E-state index in [0.717, 1.165) is 38.1 Å². The average Bonchev–Trinajstić information content (AvgIpc) is 3.24. The number of ether oxygens (including phenoxy) is 2. The van der Waals surface area contributed by atoms with Crippen LogP contribution in [0.25, 0.3) is 0 Å². The number of imidazole rings is 1. The number of nitrogens with one attached hydrogen (secondary N) is 2. The highest BCUT2D eigenvalue weighted by Crippen LogP contribution is 2.29. The zero-order valence-electron chi connectivity index (χ0n) is 14.6. The number of H-pyrrole nitrogens is 1. The number of carbonyl (C=O) groups excluding carboxylic acids is 1. The Bertz CT molecular complexity index is 528. The van der Waals surface area contributed by atoms with E-state index >= 15 is 0 Å². The van der Waals surface area contributed by atoms with Gasteiger partial charge >= 0.3 is 6.03 Å². The SMILES string of the molecule is C[C@H](CNC(=O)N1CCCC[C@H]1c1ncc[nH]1)CC1(C)OCCO1. The highest BCUT2D eigenvalue weighted by Gasteiger charge is 2.33. The first-order valence-electron chi connectivity index (χ1n) is 8.89. The Balaban J connectivity index is 1.51. The fourth-order valence-electron chi connectivity index (χ4n) is 3.66. The topological polar surface area (TPSA) is 79.5 Å². The van der Waals surface area contributed by atoms with E-state index in [0.29, 0.717) is 19.8 Å². The molecule has 7 nitrogen and oxygen atoms in total. The maximum Gasteiger partial charge on any atom is 0.318 e. The van der Waals surface area contributed by atoms with E-state index in [-0.39, 0.29) is 18.0 Å². The molecule has 0 aromatic carbocycles. The zero-order chi connectivity index (χ0) is 17.0. The number of likely N-dealkylation sites (tertiary alicyclic amines) is 1. The Kier molecular flexibility index (Phi) is 5.40. The molecule has 1 aromatic rings. The molecule has 0 radical (unpaired) electrons. The van der Waals surface area contributed by atoms with Crippen molar-refractivity contribution < 1.29 is 14.3 Å². The van der Waals surface area contributed by atoms with Crippen LogP contribution in [0.2, 0.25) is 0 Å². The van der Waals surface area contributed by atoms with E-state index in [2.05, 4.69) is 22.2 Å². The van der Waals surface area contributed by atoms with Gasteiger partial charge in [0, 0.05) is 31.9 Å². The second-order valence-electron chi connectivity index (χ2n) is 7.01. The molecule has 7 heteroatoms. The minimum absolute atomic E-state index is 0.0126. The van der Waals surface area contributed by atoms with Crippen LogP contribution < -0.4 is 5.32 Å². The van der Waals surface area contributed by atoms with Crippen LogP contribution in [0, 0.1) is 5.92 Å². The molecular weight excluding hydrogens is 308 g/mol. The fourth-order valence-corrected chi connectivity index (χ4v) is 3.66. The molecule has 134 valence electrons. The van der Waals surface area contributed by atoms with Gasteiger partial charge in [0.1, 0.15) is 5.82 Å². The number of rotatable bonds is 5. The molecule has 2 atom stereocenters. The van der Waals surface area contributed by atoms with Gasteiger partial charge in [-0.1, -0.05) is 6.92 Å². The van der Waals surface area contributed by atoms with Crippen molar-refractivity contribution in [2.24, 2.45) is 5.92 Å². The lowest BCUT2D eigenvalue weighted by Gasteiger charge is -2.35. The molecule has 1 aromatic heterocycles. The Morgan fingerprint density at radius 1 is 1.50 bits per heavy atom. The summed E-state index contributed by atoms with van der Waals surface area (Å²) in [4.78, 5) is 22.0. The molecule has 0 aliphatic carbocycles. The number of aromatic nitrogens is 2. The van der Waals surface area contributed by atoms with Gasteiger partial charge in [-0.2, -0.15) is 0 Å². The molecule has 0 unspecified atom stereocenters. The molecule has 2 aliphatic rings. The molecule has 3 rings (SSSR count). The summed E-state index contributed by atoms with van der Waals surface area (Å²) < 4.78 is 11.3. The number of hydrogen-bond donors (Lipinski definition) is 2. The van der Waals surface area contributed by atoms with Crippen LogP contribution in [0.1, 0.15) is 51.4 Å². The minimum atomic E-state index is -0.508. The summed E-state index contributed by atoms with van der Waals surface area (Å²) in [6.45, 7) is 6.76. The van der Waals surface area contributed by atoms with Gasteiger partial charge in [-0.3, -0.25) is 0 Å². The summed E-state index contributed by atoms with van der Waals surface area (Å²) in [6.07, 6.45) is 7.44. The number of aromatic amines is 1. The molecule has 2 amide bonds. The van der Waals surface area contributed by atoms with Crippen LogP contribution in [-0.4, -0.2) is 53.0 Å². The number of nitrogens with zero attached hydrogens (tertiary/aromatic N) is 2. The molecule has 0 spiro atoms. The monoisotopic (exact) mass is 336 g/mol. The Morgan fingerprint density at radius 3 is 3.00 bits per heavy atom. The van der Waals surface area contributed by atoms with Crippen molar-refractivity contribution in [3.05, 3.63) is 18.2 Å². The van der Waals surface area contributed by atoms with Crippen LogP contribution in [0.5, 0.6) is 0 Å². The fraction of sp³-hybridized carbons (Fsp3) is 0.765. The summed E-state index contributed by atoms with van der Waals surface area (Å²) in [5.41, 5.74) is 0. The maximum absolute atomic E-state index is 12.6. The lowest BCUT2D eigenvalue weighted by molar-refractivity contribution is -0.153. The predicted octanol–water partition coefficient (Wildman–Crippen LogP) is 2.44. The number of carbonyl (C=O) groups is 1. The lowest BCUT2D eigenvalue weighted by Crippen LogP contribution is -2.46. The second-order valence-corrected chi connectivity index (χ2v) is 7.01. The number of urea groups is 1. The summed E-state index contributed by atoms with van der Waals surface area (Å²) in [7, 11) is 0. The summed E-state index contributed by atoms with van der Waals surface area (Å²) in [5, 5.41) is 3.07. The van der Waals surface area contributed by atoms with E-state index < -0.39 is 5.79 Å². The maximum atomic E-state index is 12.6. The third-order valence-corrected chi connectivity index (χ3v) is 4.82. The van der Waals surface area contributed by atoms with E-state index in [1.165, 1.54) is 0 Å². The van der Waals surface area contributed by atoms with Crippen molar-refractivity contribution in [2.45, 2.75) is 51.4 Å². The smallest absolute Gasteiger partial charge is 0.318 e. The molecule has 2 fully saturated rings. The molecule has 2 saturated heterocycles. The van der Waals surface area contributed by atoms with Gasteiger partial charge < -0.3 is 24.7 Å². The van der Waals surface area contributed by atoms with Crippen molar-refractivity contribution in [1.82, 2.24) is 20.2 Å². The molecule has 3 heterocycles. The summed E-state index contributed by atoms with van der Waals surface area (Å²) in [6, 6.07) is 0.0319.